The number of nitrogens with zero attached hydrogens (tertiary/aromatic N) is 1. The number of hydrogen-bond donors (Lipinski definition) is 0. The van der Waals surface area contributed by atoms with Gasteiger partial charge in [0.1, 0.15) is 0 Å². The maximum Gasteiger partial charge on any atom is 0.416 e. The Morgan fingerprint density at radius 3 is 2.30 bits per heavy atom. The van der Waals surface area contributed by atoms with Gasteiger partial charge in [0.25, 0.3) is 0 Å². The summed E-state index contributed by atoms with van der Waals surface area (Å²) in [5, 5.41) is 2.10. The number of thiophene rings is 1. The lowest BCUT2D eigenvalue weighted by Crippen LogP contribution is -2.33. The van der Waals surface area contributed by atoms with E-state index >= 15 is 0 Å². The van der Waals surface area contributed by atoms with Crippen LogP contribution < -0.4 is 0 Å². The first-order valence-electron chi connectivity index (χ1n) is 7.91. The summed E-state index contributed by atoms with van der Waals surface area (Å²) >= 11 is 1.79. The second-order valence-electron chi connectivity index (χ2n) is 6.20. The third-order valence-corrected chi connectivity index (χ3v) is 5.33. The van der Waals surface area contributed by atoms with E-state index in [9.17, 15) is 13.2 Å². The fraction of sp³-hybridized carbons (Fsp3) is 0.444. The SMILES string of the molecule is FC(F)(F)c1ccc(CC2CCN(Cc3cccs3)CC2)cc1. The second-order valence-corrected chi connectivity index (χ2v) is 7.23. The van der Waals surface area contributed by atoms with Crippen LogP contribution in [0.4, 0.5) is 13.2 Å². The minimum Gasteiger partial charge on any atom is -0.298 e. The van der Waals surface area contributed by atoms with Gasteiger partial charge >= 0.3 is 6.18 Å². The number of hydrogen-bond acceptors (Lipinski definition) is 2. The summed E-state index contributed by atoms with van der Waals surface area (Å²) in [6.07, 6.45) is -1.13. The molecule has 0 atom stereocenters. The quantitative estimate of drug-likeness (QED) is 0.738. The molecule has 23 heavy (non-hydrogen) atoms. The van der Waals surface area contributed by atoms with E-state index in [4.69, 9.17) is 0 Å². The average Bonchev–Trinajstić information content (AvgIpc) is 3.02. The Labute approximate surface area is 138 Å². The molecule has 1 aliphatic rings. The van der Waals surface area contributed by atoms with Crippen LogP contribution in [0.25, 0.3) is 0 Å². The lowest BCUT2D eigenvalue weighted by Gasteiger charge is -2.31. The highest BCUT2D eigenvalue weighted by Gasteiger charge is 2.30. The van der Waals surface area contributed by atoms with Crippen LogP contribution >= 0.6 is 11.3 Å². The van der Waals surface area contributed by atoms with E-state index in [-0.39, 0.29) is 0 Å². The molecule has 2 aromatic rings. The van der Waals surface area contributed by atoms with Crippen molar-refractivity contribution in [3.05, 3.63) is 57.8 Å². The van der Waals surface area contributed by atoms with Crippen molar-refractivity contribution in [1.29, 1.82) is 0 Å². The van der Waals surface area contributed by atoms with E-state index in [1.54, 1.807) is 23.5 Å². The van der Waals surface area contributed by atoms with E-state index in [0.717, 1.165) is 44.5 Å². The average molecular weight is 339 g/mol. The van der Waals surface area contributed by atoms with E-state index in [1.165, 1.54) is 17.0 Å². The van der Waals surface area contributed by atoms with Crippen molar-refractivity contribution in [3.63, 3.8) is 0 Å². The Bertz CT molecular complexity index is 596. The molecule has 0 unspecified atom stereocenters. The van der Waals surface area contributed by atoms with Gasteiger partial charge in [-0.3, -0.25) is 4.90 Å². The van der Waals surface area contributed by atoms with E-state index < -0.39 is 11.7 Å². The van der Waals surface area contributed by atoms with E-state index in [1.807, 2.05) is 0 Å². The molecule has 1 aromatic carbocycles. The maximum absolute atomic E-state index is 12.6. The van der Waals surface area contributed by atoms with Crippen molar-refractivity contribution >= 4 is 11.3 Å². The van der Waals surface area contributed by atoms with Gasteiger partial charge in [0.15, 0.2) is 0 Å². The topological polar surface area (TPSA) is 3.24 Å². The van der Waals surface area contributed by atoms with Gasteiger partial charge in [-0.1, -0.05) is 18.2 Å². The molecule has 1 nitrogen and oxygen atoms in total. The largest absolute Gasteiger partial charge is 0.416 e. The lowest BCUT2D eigenvalue weighted by molar-refractivity contribution is -0.137. The minimum absolute atomic E-state index is 0.563. The molecular formula is C18H20F3NS. The summed E-state index contributed by atoms with van der Waals surface area (Å²) < 4.78 is 37.7. The number of likely N-dealkylation sites (tertiary alicyclic amines) is 1. The molecule has 0 amide bonds. The van der Waals surface area contributed by atoms with Gasteiger partial charge in [-0.15, -0.1) is 11.3 Å². The maximum atomic E-state index is 12.6. The van der Waals surface area contributed by atoms with Crippen molar-refractivity contribution in [1.82, 2.24) is 4.90 Å². The molecular weight excluding hydrogens is 319 g/mol. The third-order valence-electron chi connectivity index (χ3n) is 4.47. The van der Waals surface area contributed by atoms with Crippen molar-refractivity contribution < 1.29 is 13.2 Å². The zero-order chi connectivity index (χ0) is 16.3. The molecule has 124 valence electrons. The van der Waals surface area contributed by atoms with E-state index in [0.29, 0.717) is 5.92 Å². The summed E-state index contributed by atoms with van der Waals surface area (Å²) in [5.74, 6) is 0.575. The Morgan fingerprint density at radius 1 is 1.04 bits per heavy atom. The highest BCUT2D eigenvalue weighted by Crippen LogP contribution is 2.30. The molecule has 0 radical (unpaired) electrons. The van der Waals surface area contributed by atoms with Crippen LogP contribution in [0.2, 0.25) is 0 Å². The summed E-state index contributed by atoms with van der Waals surface area (Å²) in [7, 11) is 0. The molecule has 0 spiro atoms. The Kier molecular flexibility index (Phi) is 5.07. The van der Waals surface area contributed by atoms with Gasteiger partial charge in [0.2, 0.25) is 0 Å². The molecule has 0 N–H and O–H groups in total. The monoisotopic (exact) mass is 339 g/mol. The number of piperidine rings is 1. The first-order valence-corrected chi connectivity index (χ1v) is 8.79. The van der Waals surface area contributed by atoms with Crippen LogP contribution in [-0.2, 0) is 19.1 Å². The van der Waals surface area contributed by atoms with E-state index in [2.05, 4.69) is 22.4 Å². The van der Waals surface area contributed by atoms with Gasteiger partial charge in [-0.25, -0.2) is 0 Å². The summed E-state index contributed by atoms with van der Waals surface area (Å²) in [4.78, 5) is 3.86. The lowest BCUT2D eigenvalue weighted by atomic mass is 9.90. The van der Waals surface area contributed by atoms with Crippen molar-refractivity contribution in [2.24, 2.45) is 5.92 Å². The molecule has 0 aliphatic carbocycles. The van der Waals surface area contributed by atoms with Crippen LogP contribution in [0.5, 0.6) is 0 Å². The zero-order valence-electron chi connectivity index (χ0n) is 12.9. The molecule has 1 saturated heterocycles. The number of rotatable bonds is 4. The fourth-order valence-electron chi connectivity index (χ4n) is 3.13. The molecule has 5 heteroatoms. The Morgan fingerprint density at radius 2 is 1.74 bits per heavy atom. The van der Waals surface area contributed by atoms with Gasteiger partial charge in [-0.2, -0.15) is 13.2 Å². The zero-order valence-corrected chi connectivity index (χ0v) is 13.7. The van der Waals surface area contributed by atoms with Crippen LogP contribution in [0.1, 0.15) is 28.8 Å². The first-order chi connectivity index (χ1) is 11.0. The standard InChI is InChI=1S/C18H20F3NS/c19-18(20,21)16-5-3-14(4-6-16)12-15-7-9-22(10-8-15)13-17-2-1-11-23-17/h1-6,11,15H,7-10,12-13H2. The Balaban J connectivity index is 1.48. The smallest absolute Gasteiger partial charge is 0.298 e. The Hall–Kier alpha value is -1.33. The fourth-order valence-corrected chi connectivity index (χ4v) is 3.88. The predicted octanol–water partition coefficient (Wildman–Crippen LogP) is 5.22. The minimum atomic E-state index is -4.24. The summed E-state index contributed by atoms with van der Waals surface area (Å²) in [5.41, 5.74) is 0.446. The van der Waals surface area contributed by atoms with Crippen LogP contribution in [0, 0.1) is 5.92 Å². The van der Waals surface area contributed by atoms with Crippen LogP contribution in [0.3, 0.4) is 0 Å². The molecule has 3 rings (SSSR count). The van der Waals surface area contributed by atoms with Crippen LogP contribution in [-0.4, -0.2) is 18.0 Å². The molecule has 1 aliphatic heterocycles. The van der Waals surface area contributed by atoms with Gasteiger partial charge in [-0.05, 0) is 67.4 Å². The van der Waals surface area contributed by atoms with Crippen molar-refractivity contribution in [2.75, 3.05) is 13.1 Å². The number of halogens is 3. The third kappa shape index (κ3) is 4.58. The number of benzene rings is 1. The number of alkyl halides is 3. The van der Waals surface area contributed by atoms with Gasteiger partial charge < -0.3 is 0 Å². The molecule has 1 fully saturated rings. The van der Waals surface area contributed by atoms with Gasteiger partial charge in [0, 0.05) is 11.4 Å². The highest BCUT2D eigenvalue weighted by atomic mass is 32.1. The molecule has 0 bridgehead atoms. The van der Waals surface area contributed by atoms with Crippen LogP contribution in [0.15, 0.2) is 41.8 Å². The normalized spacial score (nSPS) is 17.5. The molecule has 2 heterocycles. The van der Waals surface area contributed by atoms with Gasteiger partial charge in [0.05, 0.1) is 5.56 Å². The second kappa shape index (κ2) is 7.05. The first kappa shape index (κ1) is 16.5. The summed E-state index contributed by atoms with van der Waals surface area (Å²) in [6.45, 7) is 3.16. The predicted molar refractivity (Wildman–Crippen MR) is 87.5 cm³/mol. The van der Waals surface area contributed by atoms with Crippen molar-refractivity contribution in [2.45, 2.75) is 32.0 Å². The molecule has 1 aromatic heterocycles. The van der Waals surface area contributed by atoms with Crippen molar-refractivity contribution in [3.8, 4) is 0 Å². The summed E-state index contributed by atoms with van der Waals surface area (Å²) in [6, 6.07) is 9.89. The molecule has 0 saturated carbocycles. The highest BCUT2D eigenvalue weighted by molar-refractivity contribution is 7.09.